The van der Waals surface area contributed by atoms with Crippen molar-refractivity contribution in [3.8, 4) is 11.3 Å². The molecule has 2 N–H and O–H groups in total. The van der Waals surface area contributed by atoms with E-state index in [1.807, 2.05) is 10.6 Å². The number of aromatic nitrogens is 3. The Labute approximate surface area is 113 Å². The van der Waals surface area contributed by atoms with Crippen molar-refractivity contribution in [3.05, 3.63) is 42.0 Å². The zero-order valence-electron chi connectivity index (χ0n) is 10.4. The standard InChI is InChI=1S/C14H12N4S/c1-17-7-10(9-4-2-3-5-11(9)17)12-8-19-13-6-16-14(15)18(12)13/h2-8H,1H3,(H2,15,16). The summed E-state index contributed by atoms with van der Waals surface area (Å²) in [6.45, 7) is 0. The number of thiazole rings is 1. The van der Waals surface area contributed by atoms with Gasteiger partial charge in [-0.25, -0.2) is 4.98 Å². The summed E-state index contributed by atoms with van der Waals surface area (Å²) in [5, 5.41) is 3.37. The molecule has 4 nitrogen and oxygen atoms in total. The Hall–Kier alpha value is -2.27. The Morgan fingerprint density at radius 2 is 2.11 bits per heavy atom. The lowest BCUT2D eigenvalue weighted by Gasteiger charge is -1.99. The number of nitrogens with two attached hydrogens (primary N) is 1. The van der Waals surface area contributed by atoms with Crippen LogP contribution in [0.3, 0.4) is 0 Å². The summed E-state index contributed by atoms with van der Waals surface area (Å²) >= 11 is 1.66. The third-order valence-corrected chi connectivity index (χ3v) is 4.33. The molecule has 3 heterocycles. The lowest BCUT2D eigenvalue weighted by molar-refractivity contribution is 0.969. The second-order valence-corrected chi connectivity index (χ2v) is 5.47. The lowest BCUT2D eigenvalue weighted by atomic mass is 10.1. The number of fused-ring (bicyclic) bond motifs is 2. The van der Waals surface area contributed by atoms with Crippen LogP contribution in [0.4, 0.5) is 5.95 Å². The van der Waals surface area contributed by atoms with Crippen molar-refractivity contribution in [2.24, 2.45) is 7.05 Å². The van der Waals surface area contributed by atoms with Crippen molar-refractivity contribution in [2.45, 2.75) is 0 Å². The molecule has 19 heavy (non-hydrogen) atoms. The van der Waals surface area contributed by atoms with Gasteiger partial charge in [0.25, 0.3) is 0 Å². The highest BCUT2D eigenvalue weighted by Gasteiger charge is 2.14. The van der Waals surface area contributed by atoms with E-state index in [9.17, 15) is 0 Å². The van der Waals surface area contributed by atoms with Crippen LogP contribution in [0.2, 0.25) is 0 Å². The van der Waals surface area contributed by atoms with Gasteiger partial charge in [-0.05, 0) is 6.07 Å². The fourth-order valence-electron chi connectivity index (χ4n) is 2.57. The van der Waals surface area contributed by atoms with Crippen LogP contribution in [0.25, 0.3) is 27.0 Å². The van der Waals surface area contributed by atoms with Gasteiger partial charge in [0.15, 0.2) is 0 Å². The summed E-state index contributed by atoms with van der Waals surface area (Å²) in [6, 6.07) is 8.38. The maximum atomic E-state index is 5.96. The van der Waals surface area contributed by atoms with Gasteiger partial charge < -0.3 is 10.3 Å². The van der Waals surface area contributed by atoms with Gasteiger partial charge in [-0.15, -0.1) is 11.3 Å². The van der Waals surface area contributed by atoms with E-state index in [0.29, 0.717) is 5.95 Å². The molecular weight excluding hydrogens is 256 g/mol. The minimum Gasteiger partial charge on any atom is -0.369 e. The van der Waals surface area contributed by atoms with Crippen LogP contribution in [-0.2, 0) is 7.05 Å². The average molecular weight is 268 g/mol. The van der Waals surface area contributed by atoms with Crippen molar-refractivity contribution in [3.63, 3.8) is 0 Å². The number of para-hydroxylation sites is 1. The Bertz CT molecular complexity index is 897. The number of aryl methyl sites for hydroxylation is 1. The van der Waals surface area contributed by atoms with Crippen molar-refractivity contribution < 1.29 is 0 Å². The number of nitrogens with zero attached hydrogens (tertiary/aromatic N) is 3. The second kappa shape index (κ2) is 3.61. The Morgan fingerprint density at radius 3 is 3.00 bits per heavy atom. The highest BCUT2D eigenvalue weighted by Crippen LogP contribution is 2.34. The lowest BCUT2D eigenvalue weighted by Crippen LogP contribution is -1.94. The molecule has 5 heteroatoms. The van der Waals surface area contributed by atoms with Gasteiger partial charge in [-0.3, -0.25) is 4.40 Å². The van der Waals surface area contributed by atoms with Crippen LogP contribution < -0.4 is 5.73 Å². The zero-order chi connectivity index (χ0) is 13.0. The third kappa shape index (κ3) is 1.36. The largest absolute Gasteiger partial charge is 0.369 e. The number of nitrogen functional groups attached to an aromatic ring is 1. The molecule has 4 aromatic rings. The summed E-state index contributed by atoms with van der Waals surface area (Å²) < 4.78 is 4.15. The van der Waals surface area contributed by atoms with E-state index < -0.39 is 0 Å². The number of hydrogen-bond acceptors (Lipinski definition) is 3. The van der Waals surface area contributed by atoms with E-state index in [-0.39, 0.29) is 0 Å². The molecule has 0 saturated heterocycles. The average Bonchev–Trinajstić information content (AvgIpc) is 3.07. The van der Waals surface area contributed by atoms with Crippen LogP contribution in [-0.4, -0.2) is 14.0 Å². The number of benzene rings is 1. The third-order valence-electron chi connectivity index (χ3n) is 3.46. The van der Waals surface area contributed by atoms with Gasteiger partial charge in [-0.2, -0.15) is 0 Å². The predicted molar refractivity (Wildman–Crippen MR) is 79.4 cm³/mol. The molecule has 0 aliphatic rings. The number of hydrogen-bond donors (Lipinski definition) is 1. The number of imidazole rings is 1. The summed E-state index contributed by atoms with van der Waals surface area (Å²) in [7, 11) is 2.06. The van der Waals surface area contributed by atoms with Gasteiger partial charge in [0.05, 0.1) is 11.9 Å². The van der Waals surface area contributed by atoms with Crippen LogP contribution >= 0.6 is 11.3 Å². The van der Waals surface area contributed by atoms with E-state index in [0.717, 1.165) is 10.5 Å². The molecule has 3 aromatic heterocycles. The molecule has 0 fully saturated rings. The molecule has 0 amide bonds. The summed E-state index contributed by atoms with van der Waals surface area (Å²) in [6.07, 6.45) is 3.96. The maximum Gasteiger partial charge on any atom is 0.206 e. The summed E-state index contributed by atoms with van der Waals surface area (Å²) in [5.74, 6) is 0.541. The smallest absolute Gasteiger partial charge is 0.206 e. The normalized spacial score (nSPS) is 11.6. The fourth-order valence-corrected chi connectivity index (χ4v) is 3.45. The molecule has 94 valence electrons. The van der Waals surface area contributed by atoms with Crippen LogP contribution in [0.1, 0.15) is 0 Å². The first kappa shape index (κ1) is 10.6. The van der Waals surface area contributed by atoms with Crippen LogP contribution in [0, 0.1) is 0 Å². The fraction of sp³-hybridized carbons (Fsp3) is 0.0714. The van der Waals surface area contributed by atoms with Gasteiger partial charge >= 0.3 is 0 Å². The maximum absolute atomic E-state index is 5.96. The molecule has 0 saturated carbocycles. The van der Waals surface area contributed by atoms with Crippen LogP contribution in [0.5, 0.6) is 0 Å². The minimum atomic E-state index is 0.541. The number of anilines is 1. The van der Waals surface area contributed by atoms with E-state index in [1.54, 1.807) is 11.3 Å². The summed E-state index contributed by atoms with van der Waals surface area (Å²) in [4.78, 5) is 5.24. The molecule has 0 aliphatic heterocycles. The molecule has 4 rings (SSSR count). The molecule has 0 unspecified atom stereocenters. The van der Waals surface area contributed by atoms with E-state index >= 15 is 0 Å². The molecular formula is C14H12N4S. The Kier molecular flexibility index (Phi) is 2.02. The van der Waals surface area contributed by atoms with Crippen molar-refractivity contribution in [1.82, 2.24) is 14.0 Å². The monoisotopic (exact) mass is 268 g/mol. The van der Waals surface area contributed by atoms with E-state index in [4.69, 9.17) is 5.73 Å². The van der Waals surface area contributed by atoms with Gasteiger partial charge in [0, 0.05) is 35.1 Å². The SMILES string of the molecule is Cn1cc(-c2csc3cnc(N)n23)c2ccccc21. The van der Waals surface area contributed by atoms with E-state index in [1.165, 1.54) is 16.5 Å². The molecule has 0 bridgehead atoms. The summed E-state index contributed by atoms with van der Waals surface area (Å²) in [5.41, 5.74) is 9.47. The van der Waals surface area contributed by atoms with Gasteiger partial charge in [0.1, 0.15) is 4.83 Å². The van der Waals surface area contributed by atoms with Crippen molar-refractivity contribution in [1.29, 1.82) is 0 Å². The highest BCUT2D eigenvalue weighted by atomic mass is 32.1. The van der Waals surface area contributed by atoms with Gasteiger partial charge in [0.2, 0.25) is 5.95 Å². The number of rotatable bonds is 1. The second-order valence-electron chi connectivity index (χ2n) is 4.58. The molecule has 0 atom stereocenters. The molecule has 1 aromatic carbocycles. The quantitative estimate of drug-likeness (QED) is 0.576. The predicted octanol–water partition coefficient (Wildman–Crippen LogP) is 3.14. The first-order valence-corrected chi connectivity index (χ1v) is 6.88. The first-order chi connectivity index (χ1) is 9.25. The Balaban J connectivity index is 2.12. The highest BCUT2D eigenvalue weighted by molar-refractivity contribution is 7.16. The molecule has 0 spiro atoms. The Morgan fingerprint density at radius 1 is 1.26 bits per heavy atom. The van der Waals surface area contributed by atoms with Crippen molar-refractivity contribution >= 4 is 33.0 Å². The molecule has 0 aliphatic carbocycles. The zero-order valence-corrected chi connectivity index (χ0v) is 11.2. The van der Waals surface area contributed by atoms with Crippen molar-refractivity contribution in [2.75, 3.05) is 5.73 Å². The van der Waals surface area contributed by atoms with Gasteiger partial charge in [-0.1, -0.05) is 18.2 Å². The first-order valence-electron chi connectivity index (χ1n) is 6.00. The van der Waals surface area contributed by atoms with E-state index in [2.05, 4.69) is 52.4 Å². The minimum absolute atomic E-state index is 0.541. The van der Waals surface area contributed by atoms with Crippen LogP contribution in [0.15, 0.2) is 42.0 Å². The topological polar surface area (TPSA) is 48.2 Å². The molecule has 0 radical (unpaired) electrons.